The Balaban J connectivity index is 1.69. The molecule has 1 aliphatic rings. The molecule has 1 N–H and O–H groups in total. The maximum atomic E-state index is 12.2. The number of hydrogen-bond acceptors (Lipinski definition) is 3. The number of anilines is 2. The van der Waals surface area contributed by atoms with Crippen molar-refractivity contribution in [2.24, 2.45) is 0 Å². The van der Waals surface area contributed by atoms with Crippen LogP contribution in [0.1, 0.15) is 18.9 Å². The van der Waals surface area contributed by atoms with E-state index in [0.717, 1.165) is 11.1 Å². The van der Waals surface area contributed by atoms with Gasteiger partial charge >= 0.3 is 0 Å². The van der Waals surface area contributed by atoms with E-state index >= 15 is 0 Å². The highest BCUT2D eigenvalue weighted by Gasteiger charge is 2.25. The highest BCUT2D eigenvalue weighted by Crippen LogP contribution is 2.35. The van der Waals surface area contributed by atoms with Crippen LogP contribution in [0.25, 0.3) is 0 Å². The van der Waals surface area contributed by atoms with Gasteiger partial charge in [-0.05, 0) is 37.1 Å². The zero-order valence-corrected chi connectivity index (χ0v) is 14.8. The van der Waals surface area contributed by atoms with Crippen LogP contribution >= 0.6 is 0 Å². The van der Waals surface area contributed by atoms with Gasteiger partial charge in [-0.3, -0.25) is 9.59 Å². The first-order valence-corrected chi connectivity index (χ1v) is 8.58. The van der Waals surface area contributed by atoms with Gasteiger partial charge in [0.15, 0.2) is 6.61 Å². The molecule has 0 aliphatic carbocycles. The molecule has 0 unspecified atom stereocenters. The van der Waals surface area contributed by atoms with Gasteiger partial charge in [-0.1, -0.05) is 42.5 Å². The highest BCUT2D eigenvalue weighted by molar-refractivity contribution is 5.99. The SMILES string of the molecule is C=C(C)CN1C(=O)COc2ccc(NC(=O)CCc3ccccc3)cc21. The van der Waals surface area contributed by atoms with Gasteiger partial charge in [-0.25, -0.2) is 0 Å². The van der Waals surface area contributed by atoms with Crippen LogP contribution in [0.4, 0.5) is 11.4 Å². The number of carbonyl (C=O) groups excluding carboxylic acids is 2. The number of aryl methyl sites for hydroxylation is 1. The second kappa shape index (κ2) is 7.87. The van der Waals surface area contributed by atoms with Crippen LogP contribution in [0.2, 0.25) is 0 Å². The molecule has 0 saturated carbocycles. The average Bonchev–Trinajstić information content (AvgIpc) is 2.63. The third-order valence-electron chi connectivity index (χ3n) is 4.10. The molecule has 0 atom stereocenters. The number of benzene rings is 2. The Morgan fingerprint density at radius 1 is 1.23 bits per heavy atom. The second-order valence-electron chi connectivity index (χ2n) is 6.44. The van der Waals surface area contributed by atoms with E-state index in [4.69, 9.17) is 4.74 Å². The smallest absolute Gasteiger partial charge is 0.265 e. The minimum atomic E-state index is -0.118. The maximum Gasteiger partial charge on any atom is 0.265 e. The van der Waals surface area contributed by atoms with Crippen LogP contribution < -0.4 is 15.0 Å². The Hall–Kier alpha value is -3.08. The van der Waals surface area contributed by atoms with E-state index in [9.17, 15) is 9.59 Å². The first kappa shape index (κ1) is 17.7. The van der Waals surface area contributed by atoms with E-state index < -0.39 is 0 Å². The fourth-order valence-electron chi connectivity index (χ4n) is 2.85. The molecule has 1 aliphatic heterocycles. The van der Waals surface area contributed by atoms with Crippen LogP contribution in [-0.2, 0) is 16.0 Å². The summed E-state index contributed by atoms with van der Waals surface area (Å²) in [6, 6.07) is 15.2. The van der Waals surface area contributed by atoms with Crippen molar-refractivity contribution >= 4 is 23.2 Å². The van der Waals surface area contributed by atoms with Gasteiger partial charge in [0, 0.05) is 18.7 Å². The summed E-state index contributed by atoms with van der Waals surface area (Å²) in [5.41, 5.74) is 3.31. The Morgan fingerprint density at radius 3 is 2.73 bits per heavy atom. The lowest BCUT2D eigenvalue weighted by atomic mass is 10.1. The number of carbonyl (C=O) groups is 2. The van der Waals surface area contributed by atoms with E-state index in [1.165, 1.54) is 0 Å². The number of nitrogens with zero attached hydrogens (tertiary/aromatic N) is 1. The molecule has 0 fully saturated rings. The Labute approximate surface area is 153 Å². The normalized spacial score (nSPS) is 13.0. The molecule has 0 aromatic heterocycles. The first-order chi connectivity index (χ1) is 12.5. The van der Waals surface area contributed by atoms with Gasteiger partial charge in [-0.2, -0.15) is 0 Å². The number of nitrogens with one attached hydrogen (secondary N) is 1. The Bertz CT molecular complexity index is 830. The molecule has 5 nitrogen and oxygen atoms in total. The van der Waals surface area contributed by atoms with Crippen LogP contribution in [0.15, 0.2) is 60.7 Å². The largest absolute Gasteiger partial charge is 0.482 e. The lowest BCUT2D eigenvalue weighted by Crippen LogP contribution is -2.39. The molecule has 0 radical (unpaired) electrons. The molecular formula is C21H22N2O3. The van der Waals surface area contributed by atoms with Crippen molar-refractivity contribution in [3.8, 4) is 5.75 Å². The topological polar surface area (TPSA) is 58.6 Å². The van der Waals surface area contributed by atoms with E-state index in [-0.39, 0.29) is 18.4 Å². The number of fused-ring (bicyclic) bond motifs is 1. The van der Waals surface area contributed by atoms with Gasteiger partial charge in [0.25, 0.3) is 5.91 Å². The van der Waals surface area contributed by atoms with Crippen molar-refractivity contribution in [1.29, 1.82) is 0 Å². The van der Waals surface area contributed by atoms with Crippen LogP contribution in [0.5, 0.6) is 5.75 Å². The number of hydrogen-bond donors (Lipinski definition) is 1. The van der Waals surface area contributed by atoms with Gasteiger partial charge in [0.05, 0.1) is 5.69 Å². The van der Waals surface area contributed by atoms with Crippen molar-refractivity contribution in [1.82, 2.24) is 0 Å². The molecule has 0 spiro atoms. The molecule has 2 amide bonds. The summed E-state index contributed by atoms with van der Waals surface area (Å²) in [5, 5.41) is 2.90. The van der Waals surface area contributed by atoms with Crippen molar-refractivity contribution < 1.29 is 14.3 Å². The third kappa shape index (κ3) is 4.30. The van der Waals surface area contributed by atoms with Crippen molar-refractivity contribution in [2.45, 2.75) is 19.8 Å². The standard InChI is InChI=1S/C21H22N2O3/c1-15(2)13-23-18-12-17(9-10-19(18)26-14-21(23)25)22-20(24)11-8-16-6-4-3-5-7-16/h3-7,9-10,12H,1,8,11,13-14H2,2H3,(H,22,24). The number of ether oxygens (including phenoxy) is 1. The molecule has 0 bridgehead atoms. The van der Waals surface area contributed by atoms with Crippen molar-refractivity contribution in [3.05, 3.63) is 66.2 Å². The van der Waals surface area contributed by atoms with E-state index in [2.05, 4.69) is 11.9 Å². The quantitative estimate of drug-likeness (QED) is 0.811. The first-order valence-electron chi connectivity index (χ1n) is 8.58. The third-order valence-corrected chi connectivity index (χ3v) is 4.10. The molecule has 3 rings (SSSR count). The van der Waals surface area contributed by atoms with Gasteiger partial charge < -0.3 is 15.0 Å². The van der Waals surface area contributed by atoms with Crippen LogP contribution in [0.3, 0.4) is 0 Å². The Kier molecular flexibility index (Phi) is 5.37. The number of rotatable bonds is 6. The maximum absolute atomic E-state index is 12.2. The summed E-state index contributed by atoms with van der Waals surface area (Å²) in [6.07, 6.45) is 1.08. The zero-order valence-electron chi connectivity index (χ0n) is 14.8. The lowest BCUT2D eigenvalue weighted by Gasteiger charge is -2.30. The van der Waals surface area contributed by atoms with Crippen LogP contribution in [0, 0.1) is 0 Å². The van der Waals surface area contributed by atoms with Gasteiger partial charge in [-0.15, -0.1) is 0 Å². The average molecular weight is 350 g/mol. The summed E-state index contributed by atoms with van der Waals surface area (Å²) < 4.78 is 5.48. The van der Waals surface area contributed by atoms with E-state index in [1.807, 2.05) is 37.3 Å². The molecule has 134 valence electrons. The summed E-state index contributed by atoms with van der Waals surface area (Å²) in [4.78, 5) is 26.0. The minimum absolute atomic E-state index is 0.0169. The van der Waals surface area contributed by atoms with Crippen molar-refractivity contribution in [3.63, 3.8) is 0 Å². The van der Waals surface area contributed by atoms with E-state index in [1.54, 1.807) is 23.1 Å². The molecule has 2 aromatic carbocycles. The van der Waals surface area contributed by atoms with Gasteiger partial charge in [0.1, 0.15) is 5.75 Å². The van der Waals surface area contributed by atoms with Crippen LogP contribution in [-0.4, -0.2) is 25.0 Å². The predicted molar refractivity (Wildman–Crippen MR) is 102 cm³/mol. The zero-order chi connectivity index (χ0) is 18.5. The Morgan fingerprint density at radius 2 is 2.00 bits per heavy atom. The summed E-state index contributed by atoms with van der Waals surface area (Å²) in [6.45, 7) is 6.20. The molecule has 5 heteroatoms. The number of amides is 2. The lowest BCUT2D eigenvalue weighted by molar-refractivity contribution is -0.121. The van der Waals surface area contributed by atoms with E-state index in [0.29, 0.717) is 36.5 Å². The summed E-state index contributed by atoms with van der Waals surface area (Å²) in [7, 11) is 0. The molecule has 1 heterocycles. The predicted octanol–water partition coefficient (Wildman–Crippen LogP) is 3.56. The van der Waals surface area contributed by atoms with Gasteiger partial charge in [0.2, 0.25) is 5.91 Å². The fourth-order valence-corrected chi connectivity index (χ4v) is 2.85. The molecule has 2 aromatic rings. The second-order valence-corrected chi connectivity index (χ2v) is 6.44. The monoisotopic (exact) mass is 350 g/mol. The minimum Gasteiger partial charge on any atom is -0.482 e. The molecule has 26 heavy (non-hydrogen) atoms. The molecular weight excluding hydrogens is 328 g/mol. The van der Waals surface area contributed by atoms with Crippen molar-refractivity contribution in [2.75, 3.05) is 23.4 Å². The summed E-state index contributed by atoms with van der Waals surface area (Å²) >= 11 is 0. The summed E-state index contributed by atoms with van der Waals surface area (Å²) in [5.74, 6) is 0.449. The highest BCUT2D eigenvalue weighted by atomic mass is 16.5. The molecule has 0 saturated heterocycles. The fraction of sp³-hybridized carbons (Fsp3) is 0.238.